The van der Waals surface area contributed by atoms with Crippen LogP contribution < -0.4 is 0 Å². The first-order valence-electron chi connectivity index (χ1n) is 10.4. The van der Waals surface area contributed by atoms with Gasteiger partial charge < -0.3 is 20.1 Å². The summed E-state index contributed by atoms with van der Waals surface area (Å²) in [7, 11) is 0. The number of thiophene rings is 1. The van der Waals surface area contributed by atoms with Crippen molar-refractivity contribution in [1.82, 2.24) is 0 Å². The molecule has 31 heavy (non-hydrogen) atoms. The van der Waals surface area contributed by atoms with Crippen molar-refractivity contribution in [1.29, 1.82) is 0 Å². The Morgan fingerprint density at radius 3 is 2.45 bits per heavy atom. The topological polar surface area (TPSA) is 69.9 Å². The van der Waals surface area contributed by atoms with Gasteiger partial charge in [-0.3, -0.25) is 0 Å². The number of rotatable bonds is 5. The van der Waals surface area contributed by atoms with E-state index in [9.17, 15) is 19.7 Å². The largest absolute Gasteiger partial charge is 0.394 e. The molecule has 2 heterocycles. The van der Waals surface area contributed by atoms with Crippen LogP contribution in [0.4, 0.5) is 4.39 Å². The summed E-state index contributed by atoms with van der Waals surface area (Å²) in [5.41, 5.74) is 4.00. The highest BCUT2D eigenvalue weighted by Gasteiger charge is 2.42. The van der Waals surface area contributed by atoms with Crippen molar-refractivity contribution < 1.29 is 24.4 Å². The molecular formula is C25H27FO4S. The monoisotopic (exact) mass is 442 g/mol. The first-order valence-corrected chi connectivity index (χ1v) is 11.3. The van der Waals surface area contributed by atoms with Gasteiger partial charge in [-0.15, -0.1) is 11.3 Å². The van der Waals surface area contributed by atoms with E-state index in [-0.39, 0.29) is 18.3 Å². The van der Waals surface area contributed by atoms with E-state index in [2.05, 4.69) is 6.07 Å². The average Bonchev–Trinajstić information content (AvgIpc) is 3.23. The Hall–Kier alpha value is -2.09. The van der Waals surface area contributed by atoms with Gasteiger partial charge in [-0.2, -0.15) is 0 Å². The number of aryl methyl sites for hydroxylation is 1. The van der Waals surface area contributed by atoms with Crippen LogP contribution in [0.1, 0.15) is 34.6 Å². The fourth-order valence-electron chi connectivity index (χ4n) is 4.08. The van der Waals surface area contributed by atoms with E-state index < -0.39 is 24.4 Å². The molecule has 1 fully saturated rings. The summed E-state index contributed by atoms with van der Waals surface area (Å²) >= 11 is 1.67. The lowest BCUT2D eigenvalue weighted by molar-refractivity contribution is -0.207. The predicted octanol–water partition coefficient (Wildman–Crippen LogP) is 4.24. The summed E-state index contributed by atoms with van der Waals surface area (Å²) in [6.07, 6.45) is -2.52. The maximum atomic E-state index is 13.2. The van der Waals surface area contributed by atoms with Gasteiger partial charge >= 0.3 is 0 Å². The van der Waals surface area contributed by atoms with E-state index in [1.54, 1.807) is 30.4 Å². The summed E-state index contributed by atoms with van der Waals surface area (Å²) in [6, 6.07) is 16.5. The predicted molar refractivity (Wildman–Crippen MR) is 120 cm³/mol. The molecule has 1 aliphatic heterocycles. The van der Waals surface area contributed by atoms with Gasteiger partial charge in [0, 0.05) is 22.1 Å². The molecule has 0 spiro atoms. The van der Waals surface area contributed by atoms with Crippen LogP contribution in [0.5, 0.6) is 0 Å². The Balaban J connectivity index is 1.57. The Bertz CT molecular complexity index is 1030. The van der Waals surface area contributed by atoms with Gasteiger partial charge in [-0.25, -0.2) is 4.39 Å². The maximum absolute atomic E-state index is 13.2. The third-order valence-electron chi connectivity index (χ3n) is 6.14. The Morgan fingerprint density at radius 2 is 1.74 bits per heavy atom. The summed E-state index contributed by atoms with van der Waals surface area (Å²) < 4.78 is 19.1. The van der Waals surface area contributed by atoms with Crippen LogP contribution in [0.2, 0.25) is 0 Å². The first kappa shape index (κ1) is 22.1. The minimum atomic E-state index is -1.06. The highest BCUT2D eigenvalue weighted by molar-refractivity contribution is 7.15. The van der Waals surface area contributed by atoms with Crippen LogP contribution in [0.3, 0.4) is 0 Å². The number of aliphatic hydroxyl groups is 3. The lowest BCUT2D eigenvalue weighted by atomic mass is 9.85. The smallest absolute Gasteiger partial charge is 0.123 e. The van der Waals surface area contributed by atoms with E-state index in [1.165, 1.54) is 17.0 Å². The molecule has 0 bridgehead atoms. The van der Waals surface area contributed by atoms with Crippen molar-refractivity contribution in [2.75, 3.05) is 6.61 Å². The molecule has 6 heteroatoms. The summed E-state index contributed by atoms with van der Waals surface area (Å²) in [6.45, 7) is 3.60. The molecule has 4 nitrogen and oxygen atoms in total. The maximum Gasteiger partial charge on any atom is 0.123 e. The van der Waals surface area contributed by atoms with Gasteiger partial charge in [0.2, 0.25) is 0 Å². The minimum absolute atomic E-state index is 0.207. The molecule has 3 N–H and O–H groups in total. The Kier molecular flexibility index (Phi) is 6.55. The molecule has 0 saturated carbocycles. The van der Waals surface area contributed by atoms with Crippen molar-refractivity contribution in [3.63, 3.8) is 0 Å². The normalized spacial score (nSPS) is 26.2. The summed E-state index contributed by atoms with van der Waals surface area (Å²) in [5, 5.41) is 30.6. The second-order valence-corrected chi connectivity index (χ2v) is 9.42. The molecular weight excluding hydrogens is 415 g/mol. The molecule has 2 aromatic carbocycles. The first-order chi connectivity index (χ1) is 14.9. The molecule has 4 rings (SSSR count). The van der Waals surface area contributed by atoms with Crippen molar-refractivity contribution >= 4 is 11.3 Å². The summed E-state index contributed by atoms with van der Waals surface area (Å²) in [4.78, 5) is 2.25. The molecule has 164 valence electrons. The van der Waals surface area contributed by atoms with Crippen LogP contribution in [0.15, 0.2) is 54.6 Å². The number of hydrogen-bond acceptors (Lipinski definition) is 5. The molecule has 1 aliphatic rings. The second kappa shape index (κ2) is 9.18. The zero-order valence-corrected chi connectivity index (χ0v) is 18.3. The second-order valence-electron chi connectivity index (χ2n) is 8.25. The third kappa shape index (κ3) is 4.59. The lowest BCUT2D eigenvalue weighted by Crippen LogP contribution is -2.50. The molecule has 5 atom stereocenters. The van der Waals surface area contributed by atoms with Crippen LogP contribution in [-0.2, 0) is 11.2 Å². The van der Waals surface area contributed by atoms with E-state index in [1.807, 2.05) is 31.2 Å². The molecule has 0 aliphatic carbocycles. The fourth-order valence-corrected chi connectivity index (χ4v) is 5.11. The van der Waals surface area contributed by atoms with Gasteiger partial charge in [-0.05, 0) is 53.4 Å². The van der Waals surface area contributed by atoms with Gasteiger partial charge in [-0.1, -0.05) is 37.3 Å². The quantitative estimate of drug-likeness (QED) is 0.553. The van der Waals surface area contributed by atoms with E-state index in [0.717, 1.165) is 33.6 Å². The third-order valence-corrected chi connectivity index (χ3v) is 7.28. The van der Waals surface area contributed by atoms with Gasteiger partial charge in [0.25, 0.3) is 0 Å². The molecule has 0 radical (unpaired) electrons. The molecule has 1 aromatic heterocycles. The standard InChI is InChI=1S/C25H27FO4S/c1-14-3-4-17(25-24(29)23(28)15(2)21(13-27)30-25)11-18(14)12-20-9-10-22(31-20)16-5-7-19(26)8-6-16/h3-11,15,21,23-25,27-29H,12-13H2,1-2H3/t15-,21?,23?,24-,25+/m1/s1. The van der Waals surface area contributed by atoms with Crippen molar-refractivity contribution in [3.8, 4) is 10.4 Å². The van der Waals surface area contributed by atoms with Crippen LogP contribution in [0.25, 0.3) is 10.4 Å². The van der Waals surface area contributed by atoms with Crippen molar-refractivity contribution in [2.24, 2.45) is 5.92 Å². The number of halogens is 1. The Labute approximate surface area is 185 Å². The Morgan fingerprint density at radius 1 is 1.00 bits per heavy atom. The SMILES string of the molecule is Cc1ccc([C@@H]2OC(CO)[C@@H](C)C(O)[C@H]2O)cc1Cc1ccc(-c2ccc(F)cc2)s1. The zero-order chi connectivity index (χ0) is 22.1. The summed E-state index contributed by atoms with van der Waals surface area (Å²) in [5.74, 6) is -0.597. The number of aliphatic hydroxyl groups excluding tert-OH is 3. The lowest BCUT2D eigenvalue weighted by Gasteiger charge is -2.41. The van der Waals surface area contributed by atoms with Crippen LogP contribution in [-0.4, -0.2) is 40.2 Å². The molecule has 3 aromatic rings. The highest BCUT2D eigenvalue weighted by Crippen LogP contribution is 2.36. The van der Waals surface area contributed by atoms with Gasteiger partial charge in [0.1, 0.15) is 18.0 Å². The highest BCUT2D eigenvalue weighted by atomic mass is 32.1. The zero-order valence-electron chi connectivity index (χ0n) is 17.5. The van der Waals surface area contributed by atoms with Crippen molar-refractivity contribution in [2.45, 2.75) is 44.7 Å². The van der Waals surface area contributed by atoms with E-state index in [4.69, 9.17) is 4.74 Å². The number of benzene rings is 2. The molecule has 2 unspecified atom stereocenters. The minimum Gasteiger partial charge on any atom is -0.394 e. The number of ether oxygens (including phenoxy) is 1. The van der Waals surface area contributed by atoms with Gasteiger partial charge in [0.05, 0.1) is 18.8 Å². The number of hydrogen-bond donors (Lipinski definition) is 3. The average molecular weight is 443 g/mol. The van der Waals surface area contributed by atoms with Gasteiger partial charge in [0.15, 0.2) is 0 Å². The van der Waals surface area contributed by atoms with E-state index >= 15 is 0 Å². The van der Waals surface area contributed by atoms with Crippen molar-refractivity contribution in [3.05, 3.63) is 82.0 Å². The molecule has 0 amide bonds. The molecule has 1 saturated heterocycles. The van der Waals surface area contributed by atoms with Crippen LogP contribution in [0, 0.1) is 18.7 Å². The van der Waals surface area contributed by atoms with Crippen LogP contribution >= 0.6 is 11.3 Å². The van der Waals surface area contributed by atoms with E-state index in [0.29, 0.717) is 0 Å². The fraction of sp³-hybridized carbons (Fsp3) is 0.360.